The summed E-state index contributed by atoms with van der Waals surface area (Å²) >= 11 is 6.03. The number of hydrogen-bond donors (Lipinski definition) is 2. The van der Waals surface area contributed by atoms with Gasteiger partial charge in [-0.05, 0) is 25.0 Å². The third-order valence-electron chi connectivity index (χ3n) is 3.58. The molecule has 0 amide bonds. The van der Waals surface area contributed by atoms with E-state index in [0.29, 0.717) is 17.7 Å². The van der Waals surface area contributed by atoms with Gasteiger partial charge >= 0.3 is 0 Å². The van der Waals surface area contributed by atoms with Crippen LogP contribution in [0.25, 0.3) is 0 Å². The number of aromatic hydroxyl groups is 1. The molecule has 19 heavy (non-hydrogen) atoms. The van der Waals surface area contributed by atoms with E-state index in [9.17, 15) is 5.11 Å². The van der Waals surface area contributed by atoms with E-state index in [1.165, 1.54) is 32.1 Å². The third-order valence-corrected chi connectivity index (χ3v) is 3.93. The van der Waals surface area contributed by atoms with Crippen LogP contribution >= 0.6 is 11.6 Å². The van der Waals surface area contributed by atoms with Gasteiger partial charge in [0.15, 0.2) is 0 Å². The molecule has 0 bridgehead atoms. The fourth-order valence-corrected chi connectivity index (χ4v) is 2.70. The molecule has 0 radical (unpaired) electrons. The van der Waals surface area contributed by atoms with Gasteiger partial charge < -0.3 is 15.2 Å². The number of ether oxygens (including phenoxy) is 1. The fraction of sp³-hybridized carbons (Fsp3) is 0.600. The summed E-state index contributed by atoms with van der Waals surface area (Å²) in [5, 5.41) is 13.5. The molecular formula is C15H22ClNO2. The molecule has 106 valence electrons. The number of nitrogens with one attached hydrogen (secondary N) is 1. The number of benzene rings is 1. The standard InChI is InChI=1S/C15H22ClNO2/c16-14-7-4-8-15(18)13(14)11-17-9-10-19-12-5-2-1-3-6-12/h4,7-8,12,17-18H,1-3,5-6,9-11H2. The summed E-state index contributed by atoms with van der Waals surface area (Å²) in [6.07, 6.45) is 6.79. The van der Waals surface area contributed by atoms with Crippen LogP contribution in [0, 0.1) is 0 Å². The molecule has 0 spiro atoms. The van der Waals surface area contributed by atoms with E-state index in [1.54, 1.807) is 18.2 Å². The van der Waals surface area contributed by atoms with Crippen LogP contribution in [-0.4, -0.2) is 24.4 Å². The lowest BCUT2D eigenvalue weighted by Gasteiger charge is -2.22. The highest BCUT2D eigenvalue weighted by Crippen LogP contribution is 2.24. The minimum absolute atomic E-state index is 0.244. The number of halogens is 1. The molecule has 0 heterocycles. The van der Waals surface area contributed by atoms with Gasteiger partial charge in [-0.15, -0.1) is 0 Å². The van der Waals surface area contributed by atoms with Crippen LogP contribution in [0.4, 0.5) is 0 Å². The summed E-state index contributed by atoms with van der Waals surface area (Å²) in [5.74, 6) is 0.244. The summed E-state index contributed by atoms with van der Waals surface area (Å²) in [7, 11) is 0. The summed E-state index contributed by atoms with van der Waals surface area (Å²) in [5.41, 5.74) is 0.752. The first-order valence-corrected chi connectivity index (χ1v) is 7.44. The number of phenolic OH excluding ortho intramolecular Hbond substituents is 1. The smallest absolute Gasteiger partial charge is 0.121 e. The maximum Gasteiger partial charge on any atom is 0.121 e. The molecule has 0 aliphatic heterocycles. The van der Waals surface area contributed by atoms with Crippen LogP contribution < -0.4 is 5.32 Å². The predicted octanol–water partition coefficient (Wildman–Crippen LogP) is 3.48. The Morgan fingerprint density at radius 3 is 2.79 bits per heavy atom. The minimum Gasteiger partial charge on any atom is -0.508 e. The predicted molar refractivity (Wildman–Crippen MR) is 77.6 cm³/mol. The Kier molecular flexibility index (Phi) is 5.95. The maximum atomic E-state index is 9.70. The Balaban J connectivity index is 1.63. The van der Waals surface area contributed by atoms with Crippen LogP contribution in [0.15, 0.2) is 18.2 Å². The third kappa shape index (κ3) is 4.68. The van der Waals surface area contributed by atoms with E-state index in [1.807, 2.05) is 0 Å². The molecule has 1 aliphatic rings. The summed E-state index contributed by atoms with van der Waals surface area (Å²) in [4.78, 5) is 0. The molecule has 0 atom stereocenters. The van der Waals surface area contributed by atoms with Gasteiger partial charge in [-0.2, -0.15) is 0 Å². The molecule has 0 aromatic heterocycles. The first-order valence-electron chi connectivity index (χ1n) is 7.06. The van der Waals surface area contributed by atoms with Crippen molar-refractivity contribution in [1.29, 1.82) is 0 Å². The molecular weight excluding hydrogens is 262 g/mol. The first kappa shape index (κ1) is 14.6. The quantitative estimate of drug-likeness (QED) is 0.786. The SMILES string of the molecule is Oc1cccc(Cl)c1CNCCOC1CCCCC1. The molecule has 2 N–H and O–H groups in total. The normalized spacial score (nSPS) is 16.7. The highest BCUT2D eigenvalue weighted by atomic mass is 35.5. The lowest BCUT2D eigenvalue weighted by Crippen LogP contribution is -2.24. The van der Waals surface area contributed by atoms with Gasteiger partial charge in [0, 0.05) is 23.7 Å². The summed E-state index contributed by atoms with van der Waals surface area (Å²) in [6.45, 7) is 2.07. The van der Waals surface area contributed by atoms with Crippen LogP contribution in [0.5, 0.6) is 5.75 Å². The molecule has 1 saturated carbocycles. The molecule has 1 aromatic rings. The van der Waals surface area contributed by atoms with Crippen molar-refractivity contribution in [1.82, 2.24) is 5.32 Å². The van der Waals surface area contributed by atoms with Crippen molar-refractivity contribution in [3.8, 4) is 5.75 Å². The van der Waals surface area contributed by atoms with E-state index >= 15 is 0 Å². The van der Waals surface area contributed by atoms with Crippen LogP contribution in [-0.2, 0) is 11.3 Å². The lowest BCUT2D eigenvalue weighted by atomic mass is 9.98. The van der Waals surface area contributed by atoms with Crippen molar-refractivity contribution >= 4 is 11.6 Å². The topological polar surface area (TPSA) is 41.5 Å². The monoisotopic (exact) mass is 283 g/mol. The Bertz CT molecular complexity index is 371. The molecule has 0 saturated heterocycles. The van der Waals surface area contributed by atoms with Crippen LogP contribution in [0.2, 0.25) is 5.02 Å². The fourth-order valence-electron chi connectivity index (χ4n) is 2.47. The molecule has 0 unspecified atom stereocenters. The zero-order chi connectivity index (χ0) is 13.5. The Morgan fingerprint density at radius 1 is 1.26 bits per heavy atom. The lowest BCUT2D eigenvalue weighted by molar-refractivity contribution is 0.0302. The average molecular weight is 284 g/mol. The van der Waals surface area contributed by atoms with E-state index in [4.69, 9.17) is 16.3 Å². The second-order valence-corrected chi connectivity index (χ2v) is 5.45. The van der Waals surface area contributed by atoms with E-state index in [-0.39, 0.29) is 5.75 Å². The largest absolute Gasteiger partial charge is 0.508 e. The van der Waals surface area contributed by atoms with Crippen molar-refractivity contribution < 1.29 is 9.84 Å². The average Bonchev–Trinajstić information content (AvgIpc) is 2.42. The Morgan fingerprint density at radius 2 is 2.05 bits per heavy atom. The van der Waals surface area contributed by atoms with Crippen LogP contribution in [0.3, 0.4) is 0 Å². The highest BCUT2D eigenvalue weighted by molar-refractivity contribution is 6.31. The number of hydrogen-bond acceptors (Lipinski definition) is 3. The maximum absolute atomic E-state index is 9.70. The van der Waals surface area contributed by atoms with Crippen molar-refractivity contribution in [3.63, 3.8) is 0 Å². The Hall–Kier alpha value is -0.770. The van der Waals surface area contributed by atoms with Crippen LogP contribution in [0.1, 0.15) is 37.7 Å². The summed E-state index contributed by atoms with van der Waals surface area (Å²) < 4.78 is 5.82. The molecule has 1 fully saturated rings. The van der Waals surface area contributed by atoms with E-state index in [2.05, 4.69) is 5.32 Å². The van der Waals surface area contributed by atoms with Gasteiger partial charge in [-0.1, -0.05) is 36.9 Å². The van der Waals surface area contributed by atoms with Crippen molar-refractivity contribution in [2.45, 2.75) is 44.8 Å². The van der Waals surface area contributed by atoms with E-state index < -0.39 is 0 Å². The second-order valence-electron chi connectivity index (χ2n) is 5.05. The van der Waals surface area contributed by atoms with Gasteiger partial charge in [-0.25, -0.2) is 0 Å². The highest BCUT2D eigenvalue weighted by Gasteiger charge is 2.13. The van der Waals surface area contributed by atoms with E-state index in [0.717, 1.165) is 18.7 Å². The van der Waals surface area contributed by atoms with Gasteiger partial charge in [0.05, 0.1) is 12.7 Å². The Labute approximate surface area is 119 Å². The number of phenols is 1. The molecule has 2 rings (SSSR count). The zero-order valence-electron chi connectivity index (χ0n) is 11.2. The molecule has 3 nitrogen and oxygen atoms in total. The number of rotatable bonds is 6. The molecule has 1 aliphatic carbocycles. The van der Waals surface area contributed by atoms with Gasteiger partial charge in [-0.3, -0.25) is 0 Å². The van der Waals surface area contributed by atoms with Gasteiger partial charge in [0.2, 0.25) is 0 Å². The zero-order valence-corrected chi connectivity index (χ0v) is 12.0. The minimum atomic E-state index is 0.244. The van der Waals surface area contributed by atoms with Crippen molar-refractivity contribution in [2.24, 2.45) is 0 Å². The van der Waals surface area contributed by atoms with Gasteiger partial charge in [0.1, 0.15) is 5.75 Å². The molecule has 1 aromatic carbocycles. The van der Waals surface area contributed by atoms with Gasteiger partial charge in [0.25, 0.3) is 0 Å². The first-order chi connectivity index (χ1) is 9.27. The second kappa shape index (κ2) is 7.73. The molecule has 4 heteroatoms. The van der Waals surface area contributed by atoms with Crippen molar-refractivity contribution in [2.75, 3.05) is 13.2 Å². The summed E-state index contributed by atoms with van der Waals surface area (Å²) in [6, 6.07) is 5.19. The van der Waals surface area contributed by atoms with Crippen molar-refractivity contribution in [3.05, 3.63) is 28.8 Å².